The molecule has 1 aliphatic heterocycles. The number of esters is 2. The molecule has 240 valence electrons. The summed E-state index contributed by atoms with van der Waals surface area (Å²) in [6.07, 6.45) is 5.75. The van der Waals surface area contributed by atoms with Crippen LogP contribution in [0.15, 0.2) is 28.9 Å². The van der Waals surface area contributed by atoms with Crippen molar-refractivity contribution in [1.82, 2.24) is 5.32 Å². The Bertz CT molecular complexity index is 1200. The molecule has 0 amide bonds. The molecule has 4 aliphatic rings. The van der Waals surface area contributed by atoms with Gasteiger partial charge in [0.15, 0.2) is 5.17 Å². The van der Waals surface area contributed by atoms with Crippen molar-refractivity contribution in [3.63, 3.8) is 0 Å². The van der Waals surface area contributed by atoms with E-state index in [-0.39, 0.29) is 46.6 Å². The molecule has 43 heavy (non-hydrogen) atoms. The number of thioether (sulfide) groups is 1. The molecule has 8 nitrogen and oxygen atoms in total. The third-order valence-corrected chi connectivity index (χ3v) is 12.8. The van der Waals surface area contributed by atoms with Crippen molar-refractivity contribution >= 4 is 34.7 Å². The lowest BCUT2D eigenvalue weighted by atomic mass is 9.44. The van der Waals surface area contributed by atoms with Crippen LogP contribution in [0.25, 0.3) is 0 Å². The van der Waals surface area contributed by atoms with Crippen molar-refractivity contribution in [1.29, 1.82) is 0 Å². The standard InChI is InChI=1S/C34H52N2O6S/c1-10-22(11-2)27-26(30(40)41-9)21(6)35-31(36-27)43-18-25(38)42-24-17-32(7,12-3)29(39)20(5)34-15-13-19(4)33(24,8)28(34)23(37)14-16-34/h12,19-22,24,28-29,39H,3,10-11,13-18H2,1-2,4-9H3,(H,35,36)/t19-,20+,21?,24-,28+,29+,32-,33+,34+/m1/s1. The molecule has 2 bridgehead atoms. The fraction of sp³-hybridized carbons (Fsp3) is 0.765. The molecule has 1 heterocycles. The topological polar surface area (TPSA) is 114 Å². The van der Waals surface area contributed by atoms with Gasteiger partial charge >= 0.3 is 11.9 Å². The van der Waals surface area contributed by atoms with E-state index in [1.54, 1.807) is 0 Å². The highest BCUT2D eigenvalue weighted by Gasteiger charge is 2.68. The number of carbonyl (C=O) groups is 3. The first-order valence-electron chi connectivity index (χ1n) is 16.1. The Balaban J connectivity index is 1.59. The zero-order valence-corrected chi connectivity index (χ0v) is 28.1. The van der Waals surface area contributed by atoms with Gasteiger partial charge in [-0.3, -0.25) is 14.6 Å². The van der Waals surface area contributed by atoms with Gasteiger partial charge in [-0.2, -0.15) is 0 Å². The number of nitrogens with zero attached hydrogens (tertiary/aromatic N) is 1. The van der Waals surface area contributed by atoms with E-state index in [0.717, 1.165) is 37.8 Å². The fourth-order valence-electron chi connectivity index (χ4n) is 8.98. The van der Waals surface area contributed by atoms with Gasteiger partial charge in [0.05, 0.1) is 30.6 Å². The summed E-state index contributed by atoms with van der Waals surface area (Å²) < 4.78 is 11.5. The summed E-state index contributed by atoms with van der Waals surface area (Å²) in [6.45, 7) is 18.6. The molecular formula is C34H52N2O6S. The molecule has 2 N–H and O–H groups in total. The number of aliphatic hydroxyl groups excluding tert-OH is 1. The van der Waals surface area contributed by atoms with E-state index in [1.165, 1.54) is 18.9 Å². The normalized spacial score (nSPS) is 39.3. The highest BCUT2D eigenvalue weighted by molar-refractivity contribution is 8.14. The number of methoxy groups -OCH3 is 1. The predicted octanol–water partition coefficient (Wildman–Crippen LogP) is 5.84. The zero-order valence-electron chi connectivity index (χ0n) is 27.3. The molecule has 9 atom stereocenters. The Morgan fingerprint density at radius 1 is 1.21 bits per heavy atom. The smallest absolute Gasteiger partial charge is 0.337 e. The highest BCUT2D eigenvalue weighted by Crippen LogP contribution is 2.68. The number of hydrogen-bond donors (Lipinski definition) is 2. The van der Waals surface area contributed by atoms with Gasteiger partial charge in [0.2, 0.25) is 0 Å². The van der Waals surface area contributed by atoms with E-state index < -0.39 is 35.0 Å². The molecule has 0 aromatic rings. The van der Waals surface area contributed by atoms with E-state index in [4.69, 9.17) is 9.47 Å². The first-order valence-corrected chi connectivity index (χ1v) is 17.1. The Labute approximate surface area is 261 Å². The largest absolute Gasteiger partial charge is 0.466 e. The SMILES string of the molecule is C=C[C@]1(C)C[C@@H](OC(=O)CSC2=NC(C)C(C(=O)OC)=C(C(CC)CC)N2)[C@]2(C)[C@H](C)CC[C@]3(CCC(=O)[C@H]32)[C@@H](C)[C@@H]1O. The second-order valence-electron chi connectivity index (χ2n) is 13.9. The van der Waals surface area contributed by atoms with E-state index >= 15 is 0 Å². The monoisotopic (exact) mass is 616 g/mol. The van der Waals surface area contributed by atoms with E-state index in [2.05, 4.69) is 51.5 Å². The number of ketones is 1. The maximum Gasteiger partial charge on any atom is 0.337 e. The number of rotatable bonds is 8. The molecule has 3 aliphatic carbocycles. The Kier molecular flexibility index (Phi) is 9.97. The first-order chi connectivity index (χ1) is 20.2. The van der Waals surface area contributed by atoms with Crippen molar-refractivity contribution in [3.8, 4) is 0 Å². The molecule has 9 heteroatoms. The molecule has 0 saturated heterocycles. The minimum Gasteiger partial charge on any atom is -0.466 e. The van der Waals surface area contributed by atoms with Crippen LogP contribution in [0.4, 0.5) is 0 Å². The van der Waals surface area contributed by atoms with Crippen LogP contribution in [-0.2, 0) is 23.9 Å². The van der Waals surface area contributed by atoms with Crippen molar-refractivity contribution in [2.45, 2.75) is 112 Å². The van der Waals surface area contributed by atoms with Crippen LogP contribution in [0, 0.1) is 39.9 Å². The predicted molar refractivity (Wildman–Crippen MR) is 170 cm³/mol. The van der Waals surface area contributed by atoms with Gasteiger partial charge in [0.25, 0.3) is 0 Å². The van der Waals surface area contributed by atoms with Crippen molar-refractivity contribution in [3.05, 3.63) is 23.9 Å². The number of Topliss-reactive ketones (excluding diaryl/α,β-unsaturated/α-hetero) is 1. The highest BCUT2D eigenvalue weighted by atomic mass is 32.2. The Morgan fingerprint density at radius 2 is 1.88 bits per heavy atom. The maximum absolute atomic E-state index is 13.6. The van der Waals surface area contributed by atoms with Crippen LogP contribution in [0.5, 0.6) is 0 Å². The van der Waals surface area contributed by atoms with Crippen LogP contribution in [0.1, 0.15) is 93.4 Å². The van der Waals surface area contributed by atoms with E-state index in [0.29, 0.717) is 23.6 Å². The molecule has 0 aromatic heterocycles. The average Bonchev–Trinajstić information content (AvgIpc) is 3.34. The number of carbonyl (C=O) groups excluding carboxylic acids is 3. The molecule has 0 aromatic carbocycles. The zero-order chi connectivity index (χ0) is 31.9. The summed E-state index contributed by atoms with van der Waals surface area (Å²) in [7, 11) is 1.37. The summed E-state index contributed by atoms with van der Waals surface area (Å²) >= 11 is 1.26. The van der Waals surface area contributed by atoms with Gasteiger partial charge in [-0.15, -0.1) is 6.58 Å². The maximum atomic E-state index is 13.6. The summed E-state index contributed by atoms with van der Waals surface area (Å²) in [5.74, 6) is -0.551. The van der Waals surface area contributed by atoms with Crippen LogP contribution in [-0.4, -0.2) is 59.1 Å². The number of hydrogen-bond acceptors (Lipinski definition) is 9. The van der Waals surface area contributed by atoms with Crippen LogP contribution in [0.3, 0.4) is 0 Å². The van der Waals surface area contributed by atoms with Crippen molar-refractivity contribution < 1.29 is 29.0 Å². The number of aliphatic hydroxyl groups is 1. The molecule has 0 radical (unpaired) electrons. The summed E-state index contributed by atoms with van der Waals surface area (Å²) in [6, 6.07) is -0.409. The number of allylic oxidation sites excluding steroid dienone is 1. The fourth-order valence-corrected chi connectivity index (χ4v) is 9.72. The summed E-state index contributed by atoms with van der Waals surface area (Å²) in [4.78, 5) is 44.5. The number of aliphatic imine (C=N–C) groups is 1. The third kappa shape index (κ3) is 5.62. The van der Waals surface area contributed by atoms with Crippen molar-refractivity contribution in [2.75, 3.05) is 12.9 Å². The molecule has 3 fully saturated rings. The minimum atomic E-state index is -0.700. The quantitative estimate of drug-likeness (QED) is 0.258. The number of amidine groups is 1. The first kappa shape index (κ1) is 33.8. The Hall–Kier alpha value is -2.13. The molecule has 3 saturated carbocycles. The van der Waals surface area contributed by atoms with Gasteiger partial charge < -0.3 is 19.9 Å². The van der Waals surface area contributed by atoms with Gasteiger partial charge in [0, 0.05) is 28.9 Å². The van der Waals surface area contributed by atoms with Crippen LogP contribution in [0.2, 0.25) is 0 Å². The lowest BCUT2D eigenvalue weighted by Crippen LogP contribution is -2.63. The second kappa shape index (κ2) is 12.7. The minimum absolute atomic E-state index is 0.0246. The molecular weight excluding hydrogens is 564 g/mol. The number of nitrogens with one attached hydrogen (secondary N) is 1. The van der Waals surface area contributed by atoms with Gasteiger partial charge in [0.1, 0.15) is 11.9 Å². The number of ether oxygens (including phenoxy) is 2. The van der Waals surface area contributed by atoms with Gasteiger partial charge in [-0.05, 0) is 68.6 Å². The van der Waals surface area contributed by atoms with Gasteiger partial charge in [-0.25, -0.2) is 4.79 Å². The average molecular weight is 617 g/mol. The van der Waals surface area contributed by atoms with E-state index in [1.807, 2.05) is 19.9 Å². The third-order valence-electron chi connectivity index (χ3n) is 12.0. The van der Waals surface area contributed by atoms with Crippen LogP contribution >= 0.6 is 11.8 Å². The lowest BCUT2D eigenvalue weighted by Gasteiger charge is -2.61. The lowest BCUT2D eigenvalue weighted by molar-refractivity contribution is -0.205. The second-order valence-corrected chi connectivity index (χ2v) is 14.9. The molecule has 0 spiro atoms. The molecule has 1 unspecified atom stereocenters. The van der Waals surface area contributed by atoms with Crippen LogP contribution < -0.4 is 5.32 Å². The van der Waals surface area contributed by atoms with Gasteiger partial charge in [-0.1, -0.05) is 59.4 Å². The Morgan fingerprint density at radius 3 is 2.49 bits per heavy atom. The molecule has 4 rings (SSSR count). The summed E-state index contributed by atoms with van der Waals surface area (Å²) in [5, 5.41) is 15.6. The summed E-state index contributed by atoms with van der Waals surface area (Å²) in [5.41, 5.74) is -0.213. The van der Waals surface area contributed by atoms with E-state index in [9.17, 15) is 19.5 Å². The van der Waals surface area contributed by atoms with Crippen molar-refractivity contribution in [2.24, 2.45) is 44.9 Å².